The van der Waals surface area contributed by atoms with E-state index in [0.29, 0.717) is 12.1 Å². The predicted octanol–water partition coefficient (Wildman–Crippen LogP) is 7.01. The van der Waals surface area contributed by atoms with E-state index in [9.17, 15) is 0 Å². The fourth-order valence-corrected chi connectivity index (χ4v) is 5.71. The van der Waals surface area contributed by atoms with Gasteiger partial charge in [0, 0.05) is 54.0 Å². The van der Waals surface area contributed by atoms with E-state index in [0.717, 1.165) is 76.7 Å². The lowest BCUT2D eigenvalue weighted by molar-refractivity contribution is 0.352. The van der Waals surface area contributed by atoms with Crippen molar-refractivity contribution < 1.29 is 0 Å². The van der Waals surface area contributed by atoms with Crippen molar-refractivity contribution in [3.8, 4) is 11.3 Å². The number of para-hydroxylation sites is 2. The molecule has 5 aromatic rings. The molecule has 1 saturated carbocycles. The number of nitrogens with one attached hydrogen (secondary N) is 3. The van der Waals surface area contributed by atoms with Crippen LogP contribution in [0.1, 0.15) is 31.2 Å². The minimum atomic E-state index is 0.377. The topological polar surface area (TPSA) is 68.9 Å². The van der Waals surface area contributed by atoms with Crippen molar-refractivity contribution >= 4 is 45.2 Å². The molecule has 1 aliphatic carbocycles. The monoisotopic (exact) mass is 524 g/mol. The highest BCUT2D eigenvalue weighted by Gasteiger charge is 2.23. The SMILES string of the molecule is CN(C)c1nc(NC2CCC(NCc3c(-c4ccc(Cl)cc4)[nH]c4ccccc34)CC2)nc2ccccc12. The minimum absolute atomic E-state index is 0.377. The molecule has 0 aliphatic heterocycles. The van der Waals surface area contributed by atoms with Crippen LogP contribution in [0.25, 0.3) is 33.1 Å². The summed E-state index contributed by atoms with van der Waals surface area (Å²) in [4.78, 5) is 15.3. The summed E-state index contributed by atoms with van der Waals surface area (Å²) >= 11 is 6.15. The zero-order chi connectivity index (χ0) is 26.1. The second kappa shape index (κ2) is 10.6. The molecule has 0 radical (unpaired) electrons. The van der Waals surface area contributed by atoms with Gasteiger partial charge in [-0.15, -0.1) is 0 Å². The van der Waals surface area contributed by atoms with Crippen molar-refractivity contribution in [2.75, 3.05) is 24.3 Å². The predicted molar refractivity (Wildman–Crippen MR) is 159 cm³/mol. The van der Waals surface area contributed by atoms with Crippen molar-refractivity contribution in [1.29, 1.82) is 0 Å². The van der Waals surface area contributed by atoms with Crippen LogP contribution in [-0.4, -0.2) is 41.1 Å². The average Bonchev–Trinajstić information content (AvgIpc) is 3.31. The standard InChI is InChI=1S/C31H33ClN6/c1-38(2)30-25-8-4-6-10-28(25)36-31(37-30)34-23-17-15-22(16-18-23)33-19-26-24-7-3-5-9-27(24)35-29(26)20-11-13-21(32)14-12-20/h3-14,22-23,33,35H,15-19H2,1-2H3,(H,34,36,37). The smallest absolute Gasteiger partial charge is 0.225 e. The first-order valence-corrected chi connectivity index (χ1v) is 13.7. The van der Waals surface area contributed by atoms with Crippen molar-refractivity contribution in [2.24, 2.45) is 0 Å². The third-order valence-corrected chi connectivity index (χ3v) is 7.83. The summed E-state index contributed by atoms with van der Waals surface area (Å²) in [6.07, 6.45) is 4.40. The van der Waals surface area contributed by atoms with E-state index in [1.165, 1.54) is 10.9 Å². The van der Waals surface area contributed by atoms with Crippen LogP contribution in [0.3, 0.4) is 0 Å². The number of benzene rings is 3. The van der Waals surface area contributed by atoms with Gasteiger partial charge in [-0.05, 0) is 67.1 Å². The lowest BCUT2D eigenvalue weighted by atomic mass is 9.91. The van der Waals surface area contributed by atoms with E-state index in [4.69, 9.17) is 21.6 Å². The van der Waals surface area contributed by atoms with Crippen LogP contribution in [0.2, 0.25) is 5.02 Å². The first-order chi connectivity index (χ1) is 18.5. The lowest BCUT2D eigenvalue weighted by Gasteiger charge is -2.30. The molecule has 3 N–H and O–H groups in total. The molecule has 6 rings (SSSR count). The molecule has 0 amide bonds. The number of fused-ring (bicyclic) bond motifs is 2. The second-order valence-corrected chi connectivity index (χ2v) is 10.8. The molecular formula is C31H33ClN6. The molecule has 0 atom stereocenters. The van der Waals surface area contributed by atoms with E-state index >= 15 is 0 Å². The highest BCUT2D eigenvalue weighted by molar-refractivity contribution is 6.30. The highest BCUT2D eigenvalue weighted by Crippen LogP contribution is 2.32. The largest absolute Gasteiger partial charge is 0.362 e. The zero-order valence-corrected chi connectivity index (χ0v) is 22.6. The number of rotatable bonds is 7. The van der Waals surface area contributed by atoms with Gasteiger partial charge in [0.05, 0.1) is 11.2 Å². The Hall–Kier alpha value is -3.61. The van der Waals surface area contributed by atoms with Crippen molar-refractivity contribution in [3.63, 3.8) is 0 Å². The molecular weight excluding hydrogens is 492 g/mol. The molecule has 1 fully saturated rings. The number of aromatic amines is 1. The Kier molecular flexibility index (Phi) is 6.92. The molecule has 0 spiro atoms. The van der Waals surface area contributed by atoms with Crippen LogP contribution in [-0.2, 0) is 6.54 Å². The van der Waals surface area contributed by atoms with Crippen LogP contribution in [0, 0.1) is 0 Å². The fraction of sp³-hybridized carbons (Fsp3) is 0.290. The van der Waals surface area contributed by atoms with Gasteiger partial charge in [0.1, 0.15) is 5.82 Å². The molecule has 3 aromatic carbocycles. The van der Waals surface area contributed by atoms with Gasteiger partial charge in [-0.25, -0.2) is 4.98 Å². The Balaban J connectivity index is 1.12. The Labute approximate surface area is 228 Å². The Morgan fingerprint density at radius 3 is 2.29 bits per heavy atom. The van der Waals surface area contributed by atoms with Crippen molar-refractivity contribution in [3.05, 3.63) is 83.4 Å². The summed E-state index contributed by atoms with van der Waals surface area (Å²) < 4.78 is 0. The molecule has 0 bridgehead atoms. The summed E-state index contributed by atoms with van der Waals surface area (Å²) in [6.45, 7) is 0.824. The van der Waals surface area contributed by atoms with E-state index in [1.54, 1.807) is 0 Å². The summed E-state index contributed by atoms with van der Waals surface area (Å²) in [5.74, 6) is 1.67. The average molecular weight is 525 g/mol. The van der Waals surface area contributed by atoms with Gasteiger partial charge in [-0.3, -0.25) is 0 Å². The molecule has 6 nitrogen and oxygen atoms in total. The summed E-state index contributed by atoms with van der Waals surface area (Å²) in [6, 6.07) is 25.7. The van der Waals surface area contributed by atoms with Crippen molar-refractivity contribution in [2.45, 2.75) is 44.3 Å². The van der Waals surface area contributed by atoms with Gasteiger partial charge in [0.15, 0.2) is 0 Å². The Bertz CT molecular complexity index is 1550. The number of hydrogen-bond donors (Lipinski definition) is 3. The number of nitrogens with zero attached hydrogens (tertiary/aromatic N) is 3. The molecule has 38 heavy (non-hydrogen) atoms. The zero-order valence-electron chi connectivity index (χ0n) is 21.8. The lowest BCUT2D eigenvalue weighted by Crippen LogP contribution is -2.37. The molecule has 1 aliphatic rings. The quantitative estimate of drug-likeness (QED) is 0.213. The Morgan fingerprint density at radius 2 is 1.53 bits per heavy atom. The number of anilines is 2. The van der Waals surface area contributed by atoms with Gasteiger partial charge < -0.3 is 20.5 Å². The third-order valence-electron chi connectivity index (χ3n) is 7.58. The molecule has 194 valence electrons. The van der Waals surface area contributed by atoms with Gasteiger partial charge in [-0.2, -0.15) is 4.98 Å². The van der Waals surface area contributed by atoms with Gasteiger partial charge in [0.2, 0.25) is 5.95 Å². The summed E-state index contributed by atoms with van der Waals surface area (Å²) in [7, 11) is 4.06. The van der Waals surface area contributed by atoms with Crippen LogP contribution in [0.4, 0.5) is 11.8 Å². The number of H-pyrrole nitrogens is 1. The first kappa shape index (κ1) is 24.7. The van der Waals surface area contributed by atoms with E-state index in [-0.39, 0.29) is 0 Å². The van der Waals surface area contributed by atoms with Crippen LogP contribution >= 0.6 is 11.6 Å². The van der Waals surface area contributed by atoms with Crippen LogP contribution in [0.15, 0.2) is 72.8 Å². The molecule has 2 aromatic heterocycles. The van der Waals surface area contributed by atoms with Crippen molar-refractivity contribution in [1.82, 2.24) is 20.3 Å². The maximum atomic E-state index is 6.15. The van der Waals surface area contributed by atoms with E-state index in [2.05, 4.69) is 69.0 Å². The first-order valence-electron chi connectivity index (χ1n) is 13.3. The number of hydrogen-bond acceptors (Lipinski definition) is 5. The van der Waals surface area contributed by atoms with Gasteiger partial charge in [-0.1, -0.05) is 54.1 Å². The summed E-state index contributed by atoms with van der Waals surface area (Å²) in [5.41, 5.74) is 5.76. The maximum absolute atomic E-state index is 6.15. The number of aromatic nitrogens is 3. The van der Waals surface area contributed by atoms with Gasteiger partial charge >= 0.3 is 0 Å². The second-order valence-electron chi connectivity index (χ2n) is 10.4. The van der Waals surface area contributed by atoms with E-state index < -0.39 is 0 Å². The maximum Gasteiger partial charge on any atom is 0.225 e. The van der Waals surface area contributed by atoms with Crippen LogP contribution < -0.4 is 15.5 Å². The molecule has 7 heteroatoms. The fourth-order valence-electron chi connectivity index (χ4n) is 5.58. The van der Waals surface area contributed by atoms with E-state index in [1.807, 2.05) is 38.4 Å². The normalized spacial score (nSPS) is 17.7. The highest BCUT2D eigenvalue weighted by atomic mass is 35.5. The molecule has 0 saturated heterocycles. The molecule has 0 unspecified atom stereocenters. The molecule has 2 heterocycles. The Morgan fingerprint density at radius 1 is 0.842 bits per heavy atom. The minimum Gasteiger partial charge on any atom is -0.362 e. The number of halogens is 1. The van der Waals surface area contributed by atoms with Crippen LogP contribution in [0.5, 0.6) is 0 Å². The van der Waals surface area contributed by atoms with Gasteiger partial charge in [0.25, 0.3) is 0 Å². The summed E-state index contributed by atoms with van der Waals surface area (Å²) in [5, 5.41) is 10.6. The third kappa shape index (κ3) is 5.06.